The van der Waals surface area contributed by atoms with E-state index in [1.54, 1.807) is 15.5 Å². The van der Waals surface area contributed by atoms with Crippen molar-refractivity contribution in [2.75, 3.05) is 47.4 Å². The van der Waals surface area contributed by atoms with Crippen LogP contribution in [0, 0.1) is 0 Å². The summed E-state index contributed by atoms with van der Waals surface area (Å²) in [7, 11) is -3.59. The van der Waals surface area contributed by atoms with Gasteiger partial charge in [0.2, 0.25) is 10.0 Å². The van der Waals surface area contributed by atoms with Crippen molar-refractivity contribution in [2.45, 2.75) is 115 Å². The van der Waals surface area contributed by atoms with Crippen LogP contribution in [0.5, 0.6) is 17.2 Å². The van der Waals surface area contributed by atoms with Crippen molar-refractivity contribution in [3.63, 3.8) is 0 Å². The van der Waals surface area contributed by atoms with Crippen molar-refractivity contribution < 1.29 is 47.9 Å². The number of anilines is 3. The zero-order valence-electron chi connectivity index (χ0n) is 40.4. The Bertz CT molecular complexity index is 2780. The predicted molar refractivity (Wildman–Crippen MR) is 266 cm³/mol. The number of rotatable bonds is 20. The molecule has 2 unspecified atom stereocenters. The molecule has 374 valence electrons. The van der Waals surface area contributed by atoms with Gasteiger partial charge < -0.3 is 50.8 Å². The molecule has 0 aliphatic carbocycles. The van der Waals surface area contributed by atoms with E-state index >= 15 is 0 Å². The number of benzene rings is 4. The van der Waals surface area contributed by atoms with E-state index < -0.39 is 33.4 Å². The second-order valence-electron chi connectivity index (χ2n) is 19.1. The molecule has 2 aliphatic rings. The number of sulfonamides is 1. The van der Waals surface area contributed by atoms with E-state index in [1.807, 2.05) is 70.2 Å². The zero-order valence-corrected chi connectivity index (χ0v) is 41.2. The number of aromatic amines is 1. The summed E-state index contributed by atoms with van der Waals surface area (Å²) in [6.07, 6.45) is 3.36. The lowest BCUT2D eigenvalue weighted by Gasteiger charge is -2.43. The SMILES string of the molecule is CC(C)(CCn1c(=O)[nH]c2ccccc21)NCC(O)c1cc(O)cc2c1OCC(=O)N2.CCCC1(CCC)OC(=O)N(CCC(C)(C)NCC(O)c2ccc(O)c(NS(C)(=O)=O)c2)c2ccccc21. The molecule has 19 heteroatoms. The number of aromatic nitrogens is 2. The number of H-pyrrole nitrogens is 1. The van der Waals surface area contributed by atoms with Gasteiger partial charge in [-0.1, -0.05) is 63.1 Å². The van der Waals surface area contributed by atoms with Crippen LogP contribution in [0.25, 0.3) is 11.0 Å². The smallest absolute Gasteiger partial charge is 0.415 e. The van der Waals surface area contributed by atoms with Gasteiger partial charge in [0.05, 0.1) is 46.6 Å². The highest BCUT2D eigenvalue weighted by atomic mass is 32.2. The Morgan fingerprint density at radius 2 is 1.46 bits per heavy atom. The second-order valence-corrected chi connectivity index (χ2v) is 20.8. The number of ether oxygens (including phenoxy) is 2. The van der Waals surface area contributed by atoms with Crippen LogP contribution < -0.4 is 36.0 Å². The molecule has 1 aromatic heterocycles. The third-order valence-corrected chi connectivity index (χ3v) is 13.0. The number of amides is 2. The van der Waals surface area contributed by atoms with Crippen molar-refractivity contribution in [3.8, 4) is 17.2 Å². The zero-order chi connectivity index (χ0) is 50.3. The van der Waals surface area contributed by atoms with Gasteiger partial charge in [-0.15, -0.1) is 0 Å². The van der Waals surface area contributed by atoms with E-state index in [-0.39, 0.29) is 60.1 Å². The van der Waals surface area contributed by atoms with Crippen LogP contribution in [0.1, 0.15) is 109 Å². The predicted octanol–water partition coefficient (Wildman–Crippen LogP) is 6.87. The molecule has 0 bridgehead atoms. The van der Waals surface area contributed by atoms with E-state index in [4.69, 9.17) is 9.47 Å². The fourth-order valence-corrected chi connectivity index (χ4v) is 9.31. The van der Waals surface area contributed by atoms with Gasteiger partial charge in [0.25, 0.3) is 5.91 Å². The Morgan fingerprint density at radius 3 is 2.14 bits per heavy atom. The molecule has 4 aromatic carbocycles. The number of imidazole rings is 1. The molecule has 0 saturated carbocycles. The molecule has 3 heterocycles. The normalized spacial score (nSPS) is 15.5. The molecular formula is C50H67N7O11S. The van der Waals surface area contributed by atoms with Crippen LogP contribution in [0.3, 0.4) is 0 Å². The number of hydrogen-bond acceptors (Lipinski definition) is 13. The minimum Gasteiger partial charge on any atom is -0.508 e. The number of aliphatic hydroxyl groups excluding tert-OH is 2. The summed E-state index contributed by atoms with van der Waals surface area (Å²) in [6, 6.07) is 22.6. The first kappa shape index (κ1) is 52.3. The first-order valence-electron chi connectivity index (χ1n) is 23.3. The number of aryl methyl sites for hydroxylation is 1. The van der Waals surface area contributed by atoms with Gasteiger partial charge in [0.1, 0.15) is 22.8 Å². The average molecular weight is 974 g/mol. The molecular weight excluding hydrogens is 907 g/mol. The number of nitrogens with one attached hydrogen (secondary N) is 5. The highest BCUT2D eigenvalue weighted by molar-refractivity contribution is 7.92. The van der Waals surface area contributed by atoms with Crippen LogP contribution in [0.2, 0.25) is 0 Å². The Hall–Kier alpha value is -6.12. The fraction of sp³-hybridized carbons (Fsp3) is 0.460. The van der Waals surface area contributed by atoms with E-state index in [0.29, 0.717) is 48.5 Å². The molecule has 0 spiro atoms. The van der Waals surface area contributed by atoms with Gasteiger partial charge >= 0.3 is 11.8 Å². The minimum atomic E-state index is -3.59. The van der Waals surface area contributed by atoms with Gasteiger partial charge in [-0.25, -0.2) is 18.0 Å². The molecule has 2 aliphatic heterocycles. The first-order chi connectivity index (χ1) is 32.5. The summed E-state index contributed by atoms with van der Waals surface area (Å²) in [6.45, 7) is 13.4. The standard InChI is InChI=1S/C28H41N3O6S.C22H26N4O5/c1-6-14-28(15-7-2)21-10-8-9-11-23(21)31(26(34)37-28)17-16-27(3,4)29-19-25(33)20-12-13-24(32)22(18-20)30-38(5,35)36;1-22(2,7-8-26-17-6-4-3-5-15(17)25-21(26)30)23-11-18(28)14-9-13(27)10-16-20(14)31-12-19(29)24-16/h8-13,18,25,29-30,32-33H,6-7,14-17,19H2,1-5H3;3-6,9-10,18,23,27-28H,7-8,11-12H2,1-2H3,(H,24,29)(H,25,30). The largest absolute Gasteiger partial charge is 0.508 e. The highest BCUT2D eigenvalue weighted by Crippen LogP contribution is 2.45. The lowest BCUT2D eigenvalue weighted by atomic mass is 9.82. The number of aliphatic hydroxyl groups is 2. The number of carbonyl (C=O) groups excluding carboxylic acids is 2. The molecule has 0 radical (unpaired) electrons. The van der Waals surface area contributed by atoms with Crippen molar-refractivity contribution in [1.82, 2.24) is 20.2 Å². The van der Waals surface area contributed by atoms with E-state index in [0.717, 1.165) is 54.2 Å². The maximum atomic E-state index is 13.2. The van der Waals surface area contributed by atoms with Crippen molar-refractivity contribution in [3.05, 3.63) is 106 Å². The van der Waals surface area contributed by atoms with Crippen LogP contribution in [0.15, 0.2) is 83.7 Å². The Labute approximate surface area is 403 Å². The molecule has 9 N–H and O–H groups in total. The van der Waals surface area contributed by atoms with Crippen LogP contribution in [0.4, 0.5) is 21.9 Å². The molecule has 2 amide bonds. The molecule has 0 fully saturated rings. The van der Waals surface area contributed by atoms with Gasteiger partial charge in [0, 0.05) is 54.5 Å². The van der Waals surface area contributed by atoms with Crippen LogP contribution in [-0.2, 0) is 31.7 Å². The van der Waals surface area contributed by atoms with Crippen molar-refractivity contribution in [1.29, 1.82) is 0 Å². The second kappa shape index (κ2) is 21.7. The molecule has 18 nitrogen and oxygen atoms in total. The minimum absolute atomic E-state index is 0.00723. The monoisotopic (exact) mass is 973 g/mol. The van der Waals surface area contributed by atoms with E-state index in [9.17, 15) is 43.2 Å². The number of β-amino-alcohol motifs (C(OH)–C–C–N with tert-alkyl or cyclic N) is 2. The number of aromatic hydroxyl groups is 2. The van der Waals surface area contributed by atoms with Gasteiger partial charge in [-0.2, -0.15) is 0 Å². The van der Waals surface area contributed by atoms with Gasteiger partial charge in [-0.05, 0) is 95.3 Å². The van der Waals surface area contributed by atoms with Crippen LogP contribution >= 0.6 is 0 Å². The maximum Gasteiger partial charge on any atom is 0.415 e. The number of phenols is 2. The number of cyclic esters (lactones) is 1. The topological polar surface area (TPSA) is 257 Å². The summed E-state index contributed by atoms with van der Waals surface area (Å²) in [5, 5.41) is 50.7. The third-order valence-electron chi connectivity index (χ3n) is 12.4. The number of hydrogen-bond donors (Lipinski definition) is 9. The van der Waals surface area contributed by atoms with E-state index in [1.165, 1.54) is 24.3 Å². The molecule has 2 atom stereocenters. The molecule has 5 aromatic rings. The van der Waals surface area contributed by atoms with Crippen molar-refractivity contribution >= 4 is 50.1 Å². The molecule has 0 saturated heterocycles. The molecule has 7 rings (SSSR count). The maximum absolute atomic E-state index is 13.2. The summed E-state index contributed by atoms with van der Waals surface area (Å²) in [5.41, 5.74) is 3.21. The number of para-hydroxylation sites is 3. The Kier molecular flexibility index (Phi) is 16.4. The fourth-order valence-electron chi connectivity index (χ4n) is 8.75. The van der Waals surface area contributed by atoms with Crippen molar-refractivity contribution in [2.24, 2.45) is 0 Å². The molecule has 69 heavy (non-hydrogen) atoms. The quantitative estimate of drug-likeness (QED) is 0.0362. The number of phenolic OH excluding ortho intramolecular Hbond substituents is 2. The summed E-state index contributed by atoms with van der Waals surface area (Å²) < 4.78 is 38.7. The summed E-state index contributed by atoms with van der Waals surface area (Å²) in [4.78, 5) is 41.6. The summed E-state index contributed by atoms with van der Waals surface area (Å²) >= 11 is 0. The third kappa shape index (κ3) is 13.2. The summed E-state index contributed by atoms with van der Waals surface area (Å²) in [5.74, 6) is -0.257. The lowest BCUT2D eigenvalue weighted by Crippen LogP contribution is -2.49. The van der Waals surface area contributed by atoms with Gasteiger partial charge in [-0.3, -0.25) is 19.0 Å². The number of nitrogens with zero attached hydrogens (tertiary/aromatic N) is 2. The Balaban J connectivity index is 0.000000231. The van der Waals surface area contributed by atoms with Gasteiger partial charge in [0.15, 0.2) is 6.61 Å². The Morgan fingerprint density at radius 1 is 0.826 bits per heavy atom. The highest BCUT2D eigenvalue weighted by Gasteiger charge is 2.44. The average Bonchev–Trinajstić information content (AvgIpc) is 3.61. The number of fused-ring (bicyclic) bond motifs is 3. The first-order valence-corrected chi connectivity index (χ1v) is 25.2. The van der Waals surface area contributed by atoms with Crippen LogP contribution in [-0.4, -0.2) is 94.0 Å². The number of carbonyl (C=O) groups is 2. The van der Waals surface area contributed by atoms with E-state index in [2.05, 4.69) is 45.6 Å². The lowest BCUT2D eigenvalue weighted by molar-refractivity contribution is -0.118.